The van der Waals surface area contributed by atoms with Gasteiger partial charge in [-0.15, -0.1) is 0 Å². The van der Waals surface area contributed by atoms with Crippen molar-refractivity contribution in [3.05, 3.63) is 0 Å². The molecule has 0 bridgehead atoms. The lowest BCUT2D eigenvalue weighted by Gasteiger charge is -2.30. The van der Waals surface area contributed by atoms with E-state index in [-0.39, 0.29) is 25.0 Å². The van der Waals surface area contributed by atoms with E-state index in [2.05, 4.69) is 5.32 Å². The number of amides is 1. The topological polar surface area (TPSA) is 86.7 Å². The van der Waals surface area contributed by atoms with E-state index in [9.17, 15) is 13.2 Å². The number of piperidine rings is 1. The number of aliphatic hydroxyl groups excluding tert-OH is 1. The standard InChI is InChI=1S/C10H20N2O4S/c1-17(15,16)12-6-2-4-9(8-12)10(14)11-5-3-7-13/h9,13H,2-8H2,1H3,(H,11,14). The quantitative estimate of drug-likeness (QED) is 0.634. The smallest absolute Gasteiger partial charge is 0.224 e. The normalized spacial score (nSPS) is 22.4. The van der Waals surface area contributed by atoms with E-state index >= 15 is 0 Å². The Hall–Kier alpha value is -0.660. The first kappa shape index (κ1) is 14.4. The van der Waals surface area contributed by atoms with E-state index in [0.717, 1.165) is 6.42 Å². The molecule has 0 saturated carbocycles. The van der Waals surface area contributed by atoms with Gasteiger partial charge in [0.25, 0.3) is 0 Å². The molecule has 1 aliphatic rings. The predicted molar refractivity (Wildman–Crippen MR) is 63.9 cm³/mol. The molecule has 1 fully saturated rings. The lowest BCUT2D eigenvalue weighted by Crippen LogP contribution is -2.45. The van der Waals surface area contributed by atoms with Crippen LogP contribution in [0.1, 0.15) is 19.3 Å². The average Bonchev–Trinajstić information content (AvgIpc) is 2.28. The molecule has 17 heavy (non-hydrogen) atoms. The Bertz CT molecular complexity index is 355. The summed E-state index contributed by atoms with van der Waals surface area (Å²) in [4.78, 5) is 11.7. The van der Waals surface area contributed by atoms with Crippen LogP contribution in [0.2, 0.25) is 0 Å². The van der Waals surface area contributed by atoms with Crippen LogP contribution in [0.4, 0.5) is 0 Å². The van der Waals surface area contributed by atoms with Crippen LogP contribution in [-0.2, 0) is 14.8 Å². The summed E-state index contributed by atoms with van der Waals surface area (Å²) in [5, 5.41) is 11.3. The first-order valence-corrected chi connectivity index (χ1v) is 7.63. The first-order chi connectivity index (χ1) is 7.95. The van der Waals surface area contributed by atoms with Gasteiger partial charge in [0.15, 0.2) is 0 Å². The summed E-state index contributed by atoms with van der Waals surface area (Å²) in [7, 11) is -3.20. The Kier molecular flexibility index (Phi) is 5.35. The van der Waals surface area contributed by atoms with Gasteiger partial charge in [-0.05, 0) is 19.3 Å². The number of nitrogens with one attached hydrogen (secondary N) is 1. The van der Waals surface area contributed by atoms with E-state index in [0.29, 0.717) is 25.9 Å². The van der Waals surface area contributed by atoms with E-state index in [4.69, 9.17) is 5.11 Å². The fourth-order valence-electron chi connectivity index (χ4n) is 1.89. The maximum absolute atomic E-state index is 11.7. The van der Waals surface area contributed by atoms with Crippen LogP contribution in [-0.4, -0.2) is 56.2 Å². The zero-order valence-corrected chi connectivity index (χ0v) is 10.9. The van der Waals surface area contributed by atoms with Gasteiger partial charge in [-0.2, -0.15) is 0 Å². The number of rotatable bonds is 5. The molecule has 1 heterocycles. The van der Waals surface area contributed by atoms with Crippen molar-refractivity contribution < 1.29 is 18.3 Å². The van der Waals surface area contributed by atoms with Crippen molar-refractivity contribution in [2.24, 2.45) is 5.92 Å². The first-order valence-electron chi connectivity index (χ1n) is 5.79. The van der Waals surface area contributed by atoms with E-state index in [1.165, 1.54) is 10.6 Å². The Morgan fingerprint density at radius 2 is 2.24 bits per heavy atom. The van der Waals surface area contributed by atoms with Gasteiger partial charge in [-0.1, -0.05) is 0 Å². The summed E-state index contributed by atoms with van der Waals surface area (Å²) >= 11 is 0. The summed E-state index contributed by atoms with van der Waals surface area (Å²) in [6.07, 6.45) is 3.12. The van der Waals surface area contributed by atoms with Crippen LogP contribution in [0.3, 0.4) is 0 Å². The summed E-state index contributed by atoms with van der Waals surface area (Å²) in [6.45, 7) is 1.24. The fraction of sp³-hybridized carbons (Fsp3) is 0.900. The lowest BCUT2D eigenvalue weighted by atomic mass is 9.99. The van der Waals surface area contributed by atoms with E-state index in [1.807, 2.05) is 0 Å². The number of aliphatic hydroxyl groups is 1. The van der Waals surface area contributed by atoms with Gasteiger partial charge in [-0.3, -0.25) is 4.79 Å². The highest BCUT2D eigenvalue weighted by Gasteiger charge is 2.29. The van der Waals surface area contributed by atoms with Gasteiger partial charge in [0, 0.05) is 26.2 Å². The summed E-state index contributed by atoms with van der Waals surface area (Å²) in [5.74, 6) is -0.385. The molecule has 100 valence electrons. The molecule has 1 unspecified atom stereocenters. The molecule has 0 aromatic carbocycles. The number of hydrogen-bond donors (Lipinski definition) is 2. The highest BCUT2D eigenvalue weighted by molar-refractivity contribution is 7.88. The summed E-state index contributed by atoms with van der Waals surface area (Å²) < 4.78 is 24.1. The minimum absolute atomic E-state index is 0.0421. The third kappa shape index (κ3) is 4.61. The second-order valence-corrected chi connectivity index (χ2v) is 6.31. The average molecular weight is 264 g/mol. The van der Waals surface area contributed by atoms with E-state index in [1.54, 1.807) is 0 Å². The van der Waals surface area contributed by atoms with Crippen molar-refractivity contribution in [1.82, 2.24) is 9.62 Å². The van der Waals surface area contributed by atoms with Gasteiger partial charge >= 0.3 is 0 Å². The Morgan fingerprint density at radius 3 is 2.82 bits per heavy atom. The fourth-order valence-corrected chi connectivity index (χ4v) is 2.80. The predicted octanol–water partition coefficient (Wildman–Crippen LogP) is -0.843. The van der Waals surface area contributed by atoms with Crippen molar-refractivity contribution in [3.63, 3.8) is 0 Å². The van der Waals surface area contributed by atoms with Crippen LogP contribution in [0, 0.1) is 5.92 Å². The zero-order valence-electron chi connectivity index (χ0n) is 10.1. The second-order valence-electron chi connectivity index (χ2n) is 4.33. The van der Waals surface area contributed by atoms with Crippen molar-refractivity contribution in [1.29, 1.82) is 0 Å². The summed E-state index contributed by atoms with van der Waals surface area (Å²) in [5.41, 5.74) is 0. The molecular formula is C10H20N2O4S. The Balaban J connectivity index is 2.46. The zero-order chi connectivity index (χ0) is 12.9. The second kappa shape index (κ2) is 6.32. The summed E-state index contributed by atoms with van der Waals surface area (Å²) in [6, 6.07) is 0. The van der Waals surface area contributed by atoms with E-state index < -0.39 is 10.0 Å². The van der Waals surface area contributed by atoms with Gasteiger partial charge in [-0.25, -0.2) is 12.7 Å². The highest BCUT2D eigenvalue weighted by atomic mass is 32.2. The molecule has 1 rings (SSSR count). The van der Waals surface area contributed by atoms with Crippen LogP contribution in [0.5, 0.6) is 0 Å². The maximum atomic E-state index is 11.7. The highest BCUT2D eigenvalue weighted by Crippen LogP contribution is 2.18. The molecule has 0 aromatic rings. The molecule has 1 atom stereocenters. The lowest BCUT2D eigenvalue weighted by molar-refractivity contribution is -0.126. The third-order valence-electron chi connectivity index (χ3n) is 2.86. The monoisotopic (exact) mass is 264 g/mol. The van der Waals surface area contributed by atoms with Gasteiger partial charge in [0.1, 0.15) is 0 Å². The molecule has 0 radical (unpaired) electrons. The van der Waals surface area contributed by atoms with Crippen molar-refractivity contribution in [2.45, 2.75) is 19.3 Å². The molecule has 1 saturated heterocycles. The molecule has 7 heteroatoms. The number of nitrogens with zero attached hydrogens (tertiary/aromatic N) is 1. The molecule has 0 spiro atoms. The molecule has 0 aliphatic carbocycles. The van der Waals surface area contributed by atoms with Gasteiger partial charge < -0.3 is 10.4 Å². The Morgan fingerprint density at radius 1 is 1.53 bits per heavy atom. The molecule has 2 N–H and O–H groups in total. The Labute approximate surface area is 102 Å². The SMILES string of the molecule is CS(=O)(=O)N1CCCC(C(=O)NCCCO)C1. The van der Waals surface area contributed by atoms with Crippen LogP contribution in [0.25, 0.3) is 0 Å². The molecular weight excluding hydrogens is 244 g/mol. The van der Waals surface area contributed by atoms with Crippen molar-refractivity contribution >= 4 is 15.9 Å². The van der Waals surface area contributed by atoms with Gasteiger partial charge in [0.05, 0.1) is 12.2 Å². The minimum Gasteiger partial charge on any atom is -0.396 e. The van der Waals surface area contributed by atoms with Crippen LogP contribution < -0.4 is 5.32 Å². The van der Waals surface area contributed by atoms with Crippen molar-refractivity contribution in [2.75, 3.05) is 32.5 Å². The third-order valence-corrected chi connectivity index (χ3v) is 4.13. The molecule has 1 aliphatic heterocycles. The minimum atomic E-state index is -3.20. The number of carbonyl (C=O) groups is 1. The molecule has 0 aromatic heterocycles. The maximum Gasteiger partial charge on any atom is 0.224 e. The van der Waals surface area contributed by atoms with Gasteiger partial charge in [0.2, 0.25) is 15.9 Å². The van der Waals surface area contributed by atoms with Crippen molar-refractivity contribution in [3.8, 4) is 0 Å². The van der Waals surface area contributed by atoms with Crippen LogP contribution in [0.15, 0.2) is 0 Å². The largest absolute Gasteiger partial charge is 0.396 e. The molecule has 6 nitrogen and oxygen atoms in total. The number of sulfonamides is 1. The number of carbonyl (C=O) groups excluding carboxylic acids is 1. The van der Waals surface area contributed by atoms with Crippen LogP contribution >= 0.6 is 0 Å². The molecule has 1 amide bonds. The number of hydrogen-bond acceptors (Lipinski definition) is 4.